The number of hydrogen-bond donors (Lipinski definition) is 1. The van der Waals surface area contributed by atoms with E-state index in [1.807, 2.05) is 0 Å². The molecule has 0 aromatic heterocycles. The molecule has 1 aromatic carbocycles. The average molecular weight is 272 g/mol. The lowest BCUT2D eigenvalue weighted by Gasteiger charge is -2.30. The zero-order valence-electron chi connectivity index (χ0n) is 12.9. The predicted octanol–water partition coefficient (Wildman–Crippen LogP) is 3.38. The van der Waals surface area contributed by atoms with E-state index in [9.17, 15) is 0 Å². The second-order valence-electron chi connectivity index (χ2n) is 6.46. The van der Waals surface area contributed by atoms with Crippen molar-refractivity contribution in [2.24, 2.45) is 5.92 Å². The van der Waals surface area contributed by atoms with Crippen molar-refractivity contribution in [3.8, 4) is 0 Å². The van der Waals surface area contributed by atoms with Crippen LogP contribution in [0.5, 0.6) is 0 Å². The van der Waals surface area contributed by atoms with Crippen LogP contribution in [0.2, 0.25) is 0 Å². The van der Waals surface area contributed by atoms with Gasteiger partial charge in [-0.3, -0.25) is 4.90 Å². The molecule has 110 valence electrons. The third-order valence-corrected chi connectivity index (χ3v) is 5.18. The maximum atomic E-state index is 3.81. The van der Waals surface area contributed by atoms with Crippen molar-refractivity contribution in [1.29, 1.82) is 0 Å². The Morgan fingerprint density at radius 1 is 1.25 bits per heavy atom. The first-order chi connectivity index (χ1) is 9.83. The van der Waals surface area contributed by atoms with E-state index >= 15 is 0 Å². The quantitative estimate of drug-likeness (QED) is 0.884. The fraction of sp³-hybridized carbons (Fsp3) is 0.667. The minimum absolute atomic E-state index is 0.543. The van der Waals surface area contributed by atoms with Crippen LogP contribution in [-0.4, -0.2) is 30.6 Å². The molecule has 3 unspecified atom stereocenters. The molecule has 1 N–H and O–H groups in total. The van der Waals surface area contributed by atoms with Crippen LogP contribution in [0.1, 0.15) is 50.3 Å². The summed E-state index contributed by atoms with van der Waals surface area (Å²) in [5.41, 5.74) is 3.11. The van der Waals surface area contributed by atoms with Gasteiger partial charge in [0.2, 0.25) is 0 Å². The van der Waals surface area contributed by atoms with Crippen molar-refractivity contribution in [2.45, 2.75) is 51.6 Å². The zero-order valence-corrected chi connectivity index (χ0v) is 12.9. The summed E-state index contributed by atoms with van der Waals surface area (Å²) in [6, 6.07) is 10.3. The molecular formula is C18H28N2. The Morgan fingerprint density at radius 2 is 2.10 bits per heavy atom. The van der Waals surface area contributed by atoms with E-state index < -0.39 is 0 Å². The summed E-state index contributed by atoms with van der Waals surface area (Å²) in [6.07, 6.45) is 5.17. The molecule has 0 saturated carbocycles. The maximum absolute atomic E-state index is 3.81. The molecule has 0 spiro atoms. The van der Waals surface area contributed by atoms with Gasteiger partial charge in [0.15, 0.2) is 0 Å². The van der Waals surface area contributed by atoms with Gasteiger partial charge in [0.05, 0.1) is 0 Å². The smallest absolute Gasteiger partial charge is 0.0484 e. The molecule has 2 aliphatic rings. The Morgan fingerprint density at radius 3 is 2.85 bits per heavy atom. The molecule has 2 heteroatoms. The van der Waals surface area contributed by atoms with E-state index in [2.05, 4.69) is 48.3 Å². The van der Waals surface area contributed by atoms with Crippen LogP contribution in [0, 0.1) is 5.92 Å². The van der Waals surface area contributed by atoms with Gasteiger partial charge in [-0.2, -0.15) is 0 Å². The standard InChI is InChI=1S/C18H28N2/c1-3-10-19-18-16-8-6-5-7-15(16)12-17(18)20-11-9-14(4-2)13-20/h5-8,14,17-19H,3-4,9-13H2,1-2H3. The van der Waals surface area contributed by atoms with Crippen LogP contribution < -0.4 is 5.32 Å². The first-order valence-corrected chi connectivity index (χ1v) is 8.38. The van der Waals surface area contributed by atoms with Crippen LogP contribution in [0.15, 0.2) is 24.3 Å². The Bertz CT molecular complexity index is 443. The summed E-state index contributed by atoms with van der Waals surface area (Å²) in [5, 5.41) is 3.81. The van der Waals surface area contributed by atoms with Gasteiger partial charge in [0, 0.05) is 18.6 Å². The lowest BCUT2D eigenvalue weighted by atomic mass is 10.1. The molecule has 0 radical (unpaired) electrons. The number of hydrogen-bond acceptors (Lipinski definition) is 2. The third kappa shape index (κ3) is 2.64. The molecule has 2 nitrogen and oxygen atoms in total. The molecule has 0 bridgehead atoms. The molecule has 1 aromatic rings. The van der Waals surface area contributed by atoms with E-state index in [1.165, 1.54) is 38.8 Å². The van der Waals surface area contributed by atoms with E-state index in [-0.39, 0.29) is 0 Å². The van der Waals surface area contributed by atoms with Crippen LogP contribution >= 0.6 is 0 Å². The Kier molecular flexibility index (Phi) is 4.42. The fourth-order valence-corrected chi connectivity index (χ4v) is 3.96. The average Bonchev–Trinajstić information content (AvgIpc) is 3.09. The minimum Gasteiger partial charge on any atom is -0.309 e. The Hall–Kier alpha value is -0.860. The highest BCUT2D eigenvalue weighted by atomic mass is 15.2. The number of rotatable bonds is 5. The molecule has 3 atom stereocenters. The lowest BCUT2D eigenvalue weighted by molar-refractivity contribution is 0.196. The summed E-state index contributed by atoms with van der Waals surface area (Å²) in [7, 11) is 0. The third-order valence-electron chi connectivity index (χ3n) is 5.18. The summed E-state index contributed by atoms with van der Waals surface area (Å²) in [6.45, 7) is 8.32. The molecule has 3 rings (SSSR count). The highest BCUT2D eigenvalue weighted by molar-refractivity contribution is 5.37. The van der Waals surface area contributed by atoms with Crippen molar-refractivity contribution in [3.63, 3.8) is 0 Å². The monoisotopic (exact) mass is 272 g/mol. The van der Waals surface area contributed by atoms with Crippen LogP contribution in [0.25, 0.3) is 0 Å². The molecule has 1 aliphatic carbocycles. The van der Waals surface area contributed by atoms with Crippen molar-refractivity contribution in [2.75, 3.05) is 19.6 Å². The van der Waals surface area contributed by atoms with Crippen LogP contribution in [-0.2, 0) is 6.42 Å². The largest absolute Gasteiger partial charge is 0.309 e. The van der Waals surface area contributed by atoms with Gasteiger partial charge in [-0.15, -0.1) is 0 Å². The van der Waals surface area contributed by atoms with Gasteiger partial charge in [-0.25, -0.2) is 0 Å². The molecule has 1 heterocycles. The molecule has 20 heavy (non-hydrogen) atoms. The highest BCUT2D eigenvalue weighted by Crippen LogP contribution is 2.37. The zero-order chi connectivity index (χ0) is 13.9. The first kappa shape index (κ1) is 14.1. The number of nitrogens with zero attached hydrogens (tertiary/aromatic N) is 1. The fourth-order valence-electron chi connectivity index (χ4n) is 3.96. The molecule has 0 amide bonds. The SMILES string of the molecule is CCCNC1c2ccccc2CC1N1CCC(CC)C1. The summed E-state index contributed by atoms with van der Waals surface area (Å²) >= 11 is 0. The summed E-state index contributed by atoms with van der Waals surface area (Å²) < 4.78 is 0. The van der Waals surface area contributed by atoms with Crippen molar-refractivity contribution in [1.82, 2.24) is 10.2 Å². The van der Waals surface area contributed by atoms with Crippen molar-refractivity contribution >= 4 is 0 Å². The van der Waals surface area contributed by atoms with E-state index in [0.29, 0.717) is 12.1 Å². The summed E-state index contributed by atoms with van der Waals surface area (Å²) in [4.78, 5) is 2.75. The second-order valence-corrected chi connectivity index (χ2v) is 6.46. The van der Waals surface area contributed by atoms with Crippen LogP contribution in [0.4, 0.5) is 0 Å². The molecule has 1 saturated heterocycles. The number of fused-ring (bicyclic) bond motifs is 1. The van der Waals surface area contributed by atoms with Crippen LogP contribution in [0.3, 0.4) is 0 Å². The van der Waals surface area contributed by atoms with Gasteiger partial charge < -0.3 is 5.32 Å². The topological polar surface area (TPSA) is 15.3 Å². The Balaban J connectivity index is 1.77. The molecule has 1 fully saturated rings. The summed E-state index contributed by atoms with van der Waals surface area (Å²) in [5.74, 6) is 0.922. The normalized spacial score (nSPS) is 29.8. The first-order valence-electron chi connectivity index (χ1n) is 8.38. The Labute approximate surface area is 123 Å². The second kappa shape index (κ2) is 6.28. The van der Waals surface area contributed by atoms with Gasteiger partial charge in [-0.05, 0) is 49.4 Å². The number of likely N-dealkylation sites (tertiary alicyclic amines) is 1. The van der Waals surface area contributed by atoms with E-state index in [4.69, 9.17) is 0 Å². The van der Waals surface area contributed by atoms with Gasteiger partial charge in [-0.1, -0.05) is 44.5 Å². The lowest BCUT2D eigenvalue weighted by Crippen LogP contribution is -2.42. The maximum Gasteiger partial charge on any atom is 0.0484 e. The molecular weight excluding hydrogens is 244 g/mol. The van der Waals surface area contributed by atoms with E-state index in [0.717, 1.165) is 12.5 Å². The van der Waals surface area contributed by atoms with Gasteiger partial charge >= 0.3 is 0 Å². The van der Waals surface area contributed by atoms with Crippen molar-refractivity contribution in [3.05, 3.63) is 35.4 Å². The van der Waals surface area contributed by atoms with E-state index in [1.54, 1.807) is 11.1 Å². The van der Waals surface area contributed by atoms with Gasteiger partial charge in [0.1, 0.15) is 0 Å². The molecule has 1 aliphatic heterocycles. The van der Waals surface area contributed by atoms with Crippen molar-refractivity contribution < 1.29 is 0 Å². The number of nitrogens with one attached hydrogen (secondary N) is 1. The predicted molar refractivity (Wildman–Crippen MR) is 84.9 cm³/mol. The number of benzene rings is 1. The highest BCUT2D eigenvalue weighted by Gasteiger charge is 2.38. The van der Waals surface area contributed by atoms with Gasteiger partial charge in [0.25, 0.3) is 0 Å². The minimum atomic E-state index is 0.543.